The van der Waals surface area contributed by atoms with Crippen LogP contribution in [0.3, 0.4) is 0 Å². The van der Waals surface area contributed by atoms with E-state index in [4.69, 9.17) is 0 Å². The van der Waals surface area contributed by atoms with Crippen molar-refractivity contribution in [2.24, 2.45) is 5.41 Å². The zero-order valence-electron chi connectivity index (χ0n) is 13.3. The lowest BCUT2D eigenvalue weighted by molar-refractivity contribution is 0.342. The van der Waals surface area contributed by atoms with Crippen molar-refractivity contribution >= 4 is 21.6 Å². The van der Waals surface area contributed by atoms with Gasteiger partial charge in [-0.25, -0.2) is 4.68 Å². The van der Waals surface area contributed by atoms with E-state index in [0.29, 0.717) is 11.0 Å². The number of anilines is 1. The van der Waals surface area contributed by atoms with Crippen molar-refractivity contribution in [1.82, 2.24) is 9.78 Å². The number of unbranched alkanes of at least 4 members (excludes halogenated alkanes) is 2. The highest BCUT2D eigenvalue weighted by Gasteiger charge is 2.18. The Morgan fingerprint density at radius 1 is 1.48 bits per heavy atom. The molecule has 1 rings (SSSR count). The van der Waals surface area contributed by atoms with Crippen LogP contribution in [-0.4, -0.2) is 16.3 Å². The Balaban J connectivity index is 2.69. The van der Waals surface area contributed by atoms with E-state index in [1.165, 1.54) is 30.4 Å². The summed E-state index contributed by atoms with van der Waals surface area (Å²) < 4.78 is 1.91. The average molecular weight is 356 g/mol. The van der Waals surface area contributed by atoms with Gasteiger partial charge in [-0.1, -0.05) is 46.1 Å². The summed E-state index contributed by atoms with van der Waals surface area (Å²) in [6.07, 6.45) is 8.27. The lowest BCUT2D eigenvalue weighted by atomic mass is 9.87. The van der Waals surface area contributed by atoms with Crippen molar-refractivity contribution < 1.29 is 0 Å². The monoisotopic (exact) mass is 355 g/mol. The quantitative estimate of drug-likeness (QED) is 0.533. The van der Waals surface area contributed by atoms with Gasteiger partial charge in [0.15, 0.2) is 0 Å². The second-order valence-corrected chi connectivity index (χ2v) is 6.92. The van der Waals surface area contributed by atoms with Crippen LogP contribution in [0.5, 0.6) is 0 Å². The molecule has 0 amide bonds. The highest BCUT2D eigenvalue weighted by molar-refractivity contribution is 9.10. The summed E-state index contributed by atoms with van der Waals surface area (Å²) in [5.74, 6) is 0. The van der Waals surface area contributed by atoms with Gasteiger partial charge in [-0.2, -0.15) is 5.10 Å². The molecule has 118 valence electrons. The summed E-state index contributed by atoms with van der Waals surface area (Å²) in [4.78, 5) is 12.1. The lowest BCUT2D eigenvalue weighted by Gasteiger charge is -2.25. The van der Waals surface area contributed by atoms with E-state index >= 15 is 0 Å². The summed E-state index contributed by atoms with van der Waals surface area (Å²) in [5, 5.41) is 7.49. The number of allylic oxidation sites excluding steroid dienone is 1. The number of nitrogens with one attached hydrogen (secondary N) is 1. The maximum atomic E-state index is 12.1. The molecule has 1 heterocycles. The number of nitrogens with zero attached hydrogens (tertiary/aromatic N) is 2. The fraction of sp³-hybridized carbons (Fsp3) is 0.625. The zero-order chi connectivity index (χ0) is 15.9. The Kier molecular flexibility index (Phi) is 7.15. The van der Waals surface area contributed by atoms with Gasteiger partial charge in [-0.3, -0.25) is 4.79 Å². The maximum absolute atomic E-state index is 12.1. The Labute approximate surface area is 135 Å². The Morgan fingerprint density at radius 3 is 2.81 bits per heavy atom. The summed E-state index contributed by atoms with van der Waals surface area (Å²) in [6, 6.07) is 0. The van der Waals surface area contributed by atoms with Crippen LogP contribution >= 0.6 is 15.9 Å². The minimum Gasteiger partial charge on any atom is -0.382 e. The molecule has 1 aromatic rings. The first-order valence-electron chi connectivity index (χ1n) is 7.51. The fourth-order valence-electron chi connectivity index (χ4n) is 2.12. The first-order chi connectivity index (χ1) is 9.91. The van der Waals surface area contributed by atoms with Crippen molar-refractivity contribution in [1.29, 1.82) is 0 Å². The third-order valence-corrected chi connectivity index (χ3v) is 4.27. The molecule has 0 aliphatic carbocycles. The van der Waals surface area contributed by atoms with Gasteiger partial charge in [0.2, 0.25) is 0 Å². The van der Waals surface area contributed by atoms with Gasteiger partial charge in [0, 0.05) is 6.54 Å². The molecule has 0 bridgehead atoms. The van der Waals surface area contributed by atoms with Gasteiger partial charge in [0.25, 0.3) is 5.56 Å². The molecule has 5 heteroatoms. The SMILES string of the molecule is C=CCn1ncc(NCC(C)(C)CCCCC)c(Br)c1=O. The van der Waals surface area contributed by atoms with E-state index in [1.54, 1.807) is 12.3 Å². The van der Waals surface area contributed by atoms with E-state index in [9.17, 15) is 4.79 Å². The first-order valence-corrected chi connectivity index (χ1v) is 8.31. The molecule has 0 aliphatic rings. The van der Waals surface area contributed by atoms with Crippen LogP contribution < -0.4 is 10.9 Å². The molecule has 0 spiro atoms. The van der Waals surface area contributed by atoms with Crippen LogP contribution in [0.15, 0.2) is 28.1 Å². The largest absolute Gasteiger partial charge is 0.382 e. The van der Waals surface area contributed by atoms with Crippen LogP contribution in [-0.2, 0) is 6.54 Å². The summed E-state index contributed by atoms with van der Waals surface area (Å²) in [5.41, 5.74) is 0.817. The number of rotatable bonds is 9. The summed E-state index contributed by atoms with van der Waals surface area (Å²) >= 11 is 3.36. The van der Waals surface area contributed by atoms with Crippen molar-refractivity contribution in [3.8, 4) is 0 Å². The van der Waals surface area contributed by atoms with Crippen LogP contribution in [0.2, 0.25) is 0 Å². The van der Waals surface area contributed by atoms with E-state index in [2.05, 4.69) is 53.7 Å². The molecule has 1 aromatic heterocycles. The van der Waals surface area contributed by atoms with E-state index in [-0.39, 0.29) is 11.0 Å². The summed E-state index contributed by atoms with van der Waals surface area (Å²) in [7, 11) is 0. The summed E-state index contributed by atoms with van der Waals surface area (Å²) in [6.45, 7) is 11.6. The standard InChI is InChI=1S/C16H26BrN3O/c1-5-7-8-9-16(3,4)12-18-13-11-19-20(10-6-2)15(21)14(13)17/h6,11,18H,2,5,7-10,12H2,1,3-4H3. The van der Waals surface area contributed by atoms with Gasteiger partial charge in [-0.15, -0.1) is 6.58 Å². The predicted octanol–water partition coefficient (Wildman–Crippen LogP) is 4.21. The lowest BCUT2D eigenvalue weighted by Crippen LogP contribution is -2.27. The third kappa shape index (κ3) is 5.65. The predicted molar refractivity (Wildman–Crippen MR) is 92.8 cm³/mol. The van der Waals surface area contributed by atoms with Gasteiger partial charge < -0.3 is 5.32 Å². The van der Waals surface area contributed by atoms with Crippen molar-refractivity contribution in [2.45, 2.75) is 53.0 Å². The number of halogens is 1. The van der Waals surface area contributed by atoms with Crippen molar-refractivity contribution in [2.75, 3.05) is 11.9 Å². The minimum atomic E-state index is -0.135. The molecule has 4 nitrogen and oxygen atoms in total. The second kappa shape index (κ2) is 8.37. The molecule has 0 saturated carbocycles. The molecule has 0 unspecified atom stereocenters. The third-order valence-electron chi connectivity index (χ3n) is 3.50. The topological polar surface area (TPSA) is 46.9 Å². The molecule has 0 fully saturated rings. The second-order valence-electron chi connectivity index (χ2n) is 6.12. The molecule has 0 saturated heterocycles. The number of hydrogen-bond acceptors (Lipinski definition) is 3. The van der Waals surface area contributed by atoms with E-state index in [0.717, 1.165) is 12.2 Å². The molecule has 1 N–H and O–H groups in total. The number of aromatic nitrogens is 2. The zero-order valence-corrected chi connectivity index (χ0v) is 14.9. The molecule has 0 radical (unpaired) electrons. The first kappa shape index (κ1) is 18.0. The van der Waals surface area contributed by atoms with Crippen molar-refractivity contribution in [3.63, 3.8) is 0 Å². The maximum Gasteiger partial charge on any atom is 0.283 e. The Morgan fingerprint density at radius 2 is 2.19 bits per heavy atom. The van der Waals surface area contributed by atoms with E-state index in [1.807, 2.05) is 0 Å². The van der Waals surface area contributed by atoms with Crippen LogP contribution in [0, 0.1) is 5.41 Å². The van der Waals surface area contributed by atoms with Crippen molar-refractivity contribution in [3.05, 3.63) is 33.7 Å². The molecular weight excluding hydrogens is 330 g/mol. The molecular formula is C16H26BrN3O. The normalized spacial score (nSPS) is 11.4. The average Bonchev–Trinajstić information content (AvgIpc) is 2.43. The minimum absolute atomic E-state index is 0.135. The molecule has 0 atom stereocenters. The van der Waals surface area contributed by atoms with Gasteiger partial charge >= 0.3 is 0 Å². The van der Waals surface area contributed by atoms with Gasteiger partial charge in [0.05, 0.1) is 18.4 Å². The molecule has 0 aromatic carbocycles. The molecule has 21 heavy (non-hydrogen) atoms. The smallest absolute Gasteiger partial charge is 0.283 e. The highest BCUT2D eigenvalue weighted by Crippen LogP contribution is 2.25. The fourth-order valence-corrected chi connectivity index (χ4v) is 2.56. The van der Waals surface area contributed by atoms with Gasteiger partial charge in [-0.05, 0) is 27.8 Å². The van der Waals surface area contributed by atoms with Crippen LogP contribution in [0.25, 0.3) is 0 Å². The van der Waals surface area contributed by atoms with E-state index < -0.39 is 0 Å². The Bertz CT molecular complexity index is 523. The highest BCUT2D eigenvalue weighted by atomic mass is 79.9. The Hall–Kier alpha value is -1.10. The number of hydrogen-bond donors (Lipinski definition) is 1. The molecule has 0 aliphatic heterocycles. The van der Waals surface area contributed by atoms with Crippen LogP contribution in [0.1, 0.15) is 46.5 Å². The van der Waals surface area contributed by atoms with Crippen LogP contribution in [0.4, 0.5) is 5.69 Å². The van der Waals surface area contributed by atoms with Gasteiger partial charge in [0.1, 0.15) is 4.47 Å².